The van der Waals surface area contributed by atoms with Crippen LogP contribution in [0.5, 0.6) is 5.75 Å². The van der Waals surface area contributed by atoms with Gasteiger partial charge in [0.05, 0.1) is 5.39 Å². The average molecular weight is 372 g/mol. The van der Waals surface area contributed by atoms with Gasteiger partial charge in [0.25, 0.3) is 0 Å². The number of rotatable bonds is 2. The van der Waals surface area contributed by atoms with Gasteiger partial charge >= 0.3 is 0 Å². The normalized spacial score (nSPS) is 11.4. The highest BCUT2D eigenvalue weighted by Gasteiger charge is 2.15. The predicted molar refractivity (Wildman–Crippen MR) is 119 cm³/mol. The summed E-state index contributed by atoms with van der Waals surface area (Å²) in [5, 5.41) is 9.36. The van der Waals surface area contributed by atoms with Crippen LogP contribution in [-0.2, 0) is 0 Å². The van der Waals surface area contributed by atoms with Gasteiger partial charge in [-0.2, -0.15) is 0 Å². The van der Waals surface area contributed by atoms with Crippen LogP contribution in [0.15, 0.2) is 109 Å². The molecule has 0 saturated carbocycles. The second-order valence-corrected chi connectivity index (χ2v) is 7.37. The molecule has 0 radical (unpaired) electrons. The molecule has 0 saturated heterocycles. The largest absolute Gasteiger partial charge is 0.230 e. The lowest BCUT2D eigenvalue weighted by Crippen LogP contribution is -2.38. The fourth-order valence-corrected chi connectivity index (χ4v) is 4.09. The maximum absolute atomic E-state index is 6.48. The minimum atomic E-state index is 0.879. The maximum Gasteiger partial charge on any atom is 0.230 e. The lowest BCUT2D eigenvalue weighted by atomic mass is 9.99. The summed E-state index contributed by atoms with van der Waals surface area (Å²) in [5.74, 6) is 0.879. The van der Waals surface area contributed by atoms with E-state index in [0.717, 1.165) is 21.9 Å². The van der Waals surface area contributed by atoms with Gasteiger partial charge in [0.15, 0.2) is 0 Å². The van der Waals surface area contributed by atoms with Crippen LogP contribution in [0.2, 0.25) is 0 Å². The van der Waals surface area contributed by atoms with Crippen LogP contribution < -0.4 is 9.57 Å². The molecule has 0 unspecified atom stereocenters. The summed E-state index contributed by atoms with van der Waals surface area (Å²) >= 11 is 0. The van der Waals surface area contributed by atoms with Gasteiger partial charge < -0.3 is 0 Å². The topological polar surface area (TPSA) is 13.1 Å². The van der Waals surface area contributed by atoms with Crippen molar-refractivity contribution in [3.05, 3.63) is 109 Å². The van der Waals surface area contributed by atoms with Gasteiger partial charge in [0.1, 0.15) is 0 Å². The van der Waals surface area contributed by atoms with Crippen LogP contribution in [0, 0.1) is 0 Å². The average Bonchev–Trinajstić information content (AvgIpc) is 2.77. The highest BCUT2D eigenvalue weighted by Crippen LogP contribution is 2.36. The number of hydrogen-bond donors (Lipinski definition) is 0. The smallest absolute Gasteiger partial charge is 0.230 e. The van der Waals surface area contributed by atoms with Crippen molar-refractivity contribution in [1.29, 1.82) is 0 Å². The van der Waals surface area contributed by atoms with Crippen molar-refractivity contribution in [3.63, 3.8) is 0 Å². The first-order chi connectivity index (χ1) is 14.3. The highest BCUT2D eigenvalue weighted by molar-refractivity contribution is 6.09. The molecule has 6 aromatic rings. The third-order valence-electron chi connectivity index (χ3n) is 5.54. The molecular formula is C27H18NO+. The minimum Gasteiger partial charge on any atom is -0.230 e. The molecule has 0 aliphatic rings. The third-order valence-corrected chi connectivity index (χ3v) is 5.54. The fourth-order valence-electron chi connectivity index (χ4n) is 4.09. The molecule has 0 spiro atoms. The molecule has 5 aromatic carbocycles. The molecule has 1 aromatic heterocycles. The van der Waals surface area contributed by atoms with Crippen molar-refractivity contribution in [2.75, 3.05) is 0 Å². The molecule has 2 nitrogen and oxygen atoms in total. The van der Waals surface area contributed by atoms with Crippen LogP contribution in [0.25, 0.3) is 43.1 Å². The summed E-state index contributed by atoms with van der Waals surface area (Å²) in [5.41, 5.74) is 0. The van der Waals surface area contributed by atoms with Crippen molar-refractivity contribution in [1.82, 2.24) is 0 Å². The summed E-state index contributed by atoms with van der Waals surface area (Å²) < 4.78 is 1.80. The molecule has 0 N–H and O–H groups in total. The number of fused-ring (bicyclic) bond motifs is 4. The zero-order valence-electron chi connectivity index (χ0n) is 15.7. The first kappa shape index (κ1) is 16.1. The van der Waals surface area contributed by atoms with Crippen molar-refractivity contribution in [2.24, 2.45) is 0 Å². The number of hydrogen-bond acceptors (Lipinski definition) is 1. The van der Waals surface area contributed by atoms with Gasteiger partial charge in [0, 0.05) is 21.6 Å². The van der Waals surface area contributed by atoms with Gasteiger partial charge in [-0.25, -0.2) is 4.84 Å². The monoisotopic (exact) mass is 372 g/mol. The Labute approximate surface area is 168 Å². The van der Waals surface area contributed by atoms with Gasteiger partial charge in [-0.3, -0.25) is 0 Å². The van der Waals surface area contributed by atoms with E-state index >= 15 is 0 Å². The molecule has 0 amide bonds. The van der Waals surface area contributed by atoms with Gasteiger partial charge in [-0.15, -0.1) is 0 Å². The lowest BCUT2D eigenvalue weighted by Gasteiger charge is -2.10. The number of aromatic nitrogens is 1. The van der Waals surface area contributed by atoms with E-state index in [2.05, 4.69) is 91.0 Å². The Morgan fingerprint density at radius 1 is 0.483 bits per heavy atom. The van der Waals surface area contributed by atoms with Crippen molar-refractivity contribution in [2.45, 2.75) is 0 Å². The number of pyridine rings is 1. The fraction of sp³-hybridized carbons (Fsp3) is 0. The summed E-state index contributed by atoms with van der Waals surface area (Å²) in [6, 6.07) is 34.0. The zero-order chi connectivity index (χ0) is 19.2. The van der Waals surface area contributed by atoms with E-state index in [0.29, 0.717) is 0 Å². The van der Waals surface area contributed by atoms with Crippen LogP contribution in [0.1, 0.15) is 0 Å². The summed E-state index contributed by atoms with van der Waals surface area (Å²) in [7, 11) is 0. The number of nitrogens with zero attached hydrogens (tertiary/aromatic N) is 1. The highest BCUT2D eigenvalue weighted by atomic mass is 16.7. The quantitative estimate of drug-likeness (QED) is 0.252. The van der Waals surface area contributed by atoms with Crippen molar-refractivity contribution in [3.8, 4) is 5.75 Å². The Morgan fingerprint density at radius 3 is 1.93 bits per heavy atom. The van der Waals surface area contributed by atoms with Gasteiger partial charge in [-0.1, -0.05) is 66.7 Å². The number of benzene rings is 5. The lowest BCUT2D eigenvalue weighted by molar-refractivity contribution is -0.873. The Kier molecular flexibility index (Phi) is 3.50. The Bertz CT molecular complexity index is 1530. The van der Waals surface area contributed by atoms with Crippen molar-refractivity contribution < 1.29 is 9.57 Å². The van der Waals surface area contributed by atoms with E-state index in [1.54, 1.807) is 4.73 Å². The Morgan fingerprint density at radius 2 is 1.10 bits per heavy atom. The van der Waals surface area contributed by atoms with Crippen molar-refractivity contribution >= 4 is 43.1 Å². The summed E-state index contributed by atoms with van der Waals surface area (Å²) in [6.07, 6.45) is 4.00. The standard InChI is InChI=1S/C27H18NO/c1-4-11-23-18-28(14-13-19(23)7-1)29-27-25-12-6-5-10-22(25)16-24-15-20-8-2-3-9-21(20)17-26(24)27/h1-18H/q+1. The van der Waals surface area contributed by atoms with Gasteiger partial charge in [-0.05, 0) is 51.2 Å². The zero-order valence-corrected chi connectivity index (χ0v) is 15.7. The molecule has 0 bridgehead atoms. The van der Waals surface area contributed by atoms with Crippen LogP contribution >= 0.6 is 0 Å². The molecule has 29 heavy (non-hydrogen) atoms. The molecule has 0 aliphatic heterocycles. The molecule has 0 atom stereocenters. The molecule has 136 valence electrons. The first-order valence-electron chi connectivity index (χ1n) is 9.78. The SMILES string of the molecule is c1ccc2c[n+](Oc3c4ccccc4cc4cc5ccccc5cc34)ccc2c1. The molecular weight excluding hydrogens is 354 g/mol. The Balaban J connectivity index is 1.63. The molecule has 1 heterocycles. The Hall–Kier alpha value is -3.91. The molecule has 2 heteroatoms. The van der Waals surface area contributed by atoms with E-state index in [-0.39, 0.29) is 0 Å². The van der Waals surface area contributed by atoms with Crippen LogP contribution in [-0.4, -0.2) is 0 Å². The summed E-state index contributed by atoms with van der Waals surface area (Å²) in [4.78, 5) is 6.48. The van der Waals surface area contributed by atoms with Crippen LogP contribution in [0.4, 0.5) is 0 Å². The van der Waals surface area contributed by atoms with Gasteiger partial charge in [0.2, 0.25) is 18.1 Å². The first-order valence-corrected chi connectivity index (χ1v) is 9.78. The van der Waals surface area contributed by atoms with E-state index in [1.165, 1.54) is 26.9 Å². The molecule has 6 rings (SSSR count). The third kappa shape index (κ3) is 2.69. The van der Waals surface area contributed by atoms with Crippen LogP contribution in [0.3, 0.4) is 0 Å². The molecule has 0 fully saturated rings. The van der Waals surface area contributed by atoms with E-state index in [4.69, 9.17) is 4.84 Å². The second kappa shape index (κ2) is 6.32. The van der Waals surface area contributed by atoms with E-state index < -0.39 is 0 Å². The maximum atomic E-state index is 6.48. The van der Waals surface area contributed by atoms with E-state index in [1.807, 2.05) is 18.5 Å². The van der Waals surface area contributed by atoms with E-state index in [9.17, 15) is 0 Å². The summed E-state index contributed by atoms with van der Waals surface area (Å²) in [6.45, 7) is 0. The molecule has 0 aliphatic carbocycles. The predicted octanol–water partition coefficient (Wildman–Crippen LogP) is 6.43. The minimum absolute atomic E-state index is 0.879. The second-order valence-electron chi connectivity index (χ2n) is 7.37.